The summed E-state index contributed by atoms with van der Waals surface area (Å²) < 4.78 is 11.9. The molecule has 184 valence electrons. The number of ether oxygens (including phenoxy) is 2. The van der Waals surface area contributed by atoms with Gasteiger partial charge in [-0.15, -0.1) is 0 Å². The van der Waals surface area contributed by atoms with E-state index in [-0.39, 0.29) is 23.4 Å². The quantitative estimate of drug-likeness (QED) is 0.450. The highest BCUT2D eigenvalue weighted by Gasteiger charge is 2.38. The number of hydrogen-bond donors (Lipinski definition) is 1. The van der Waals surface area contributed by atoms with Crippen molar-refractivity contribution in [1.82, 2.24) is 5.32 Å². The zero-order valence-corrected chi connectivity index (χ0v) is 21.6. The highest BCUT2D eigenvalue weighted by Crippen LogP contribution is 2.40. The number of rotatable bonds is 8. The monoisotopic (exact) mass is 485 g/mol. The topological polar surface area (TPSA) is 64.6 Å². The van der Waals surface area contributed by atoms with Gasteiger partial charge in [0.2, 0.25) is 0 Å². The van der Waals surface area contributed by atoms with Crippen LogP contribution in [0.3, 0.4) is 0 Å². The minimum atomic E-state index is -1.08. The third-order valence-electron chi connectivity index (χ3n) is 6.21. The Balaban J connectivity index is 1.48. The summed E-state index contributed by atoms with van der Waals surface area (Å²) in [6, 6.07) is 14.4. The lowest BCUT2D eigenvalue weighted by molar-refractivity contribution is -0.169. The van der Waals surface area contributed by atoms with Crippen molar-refractivity contribution in [2.45, 2.75) is 72.0 Å². The Hall–Kier alpha value is -2.53. The summed E-state index contributed by atoms with van der Waals surface area (Å²) in [4.78, 5) is 25.1. The molecule has 0 saturated heterocycles. The van der Waals surface area contributed by atoms with Gasteiger partial charge >= 0.3 is 5.97 Å². The average molecular weight is 486 g/mol. The molecule has 2 atom stereocenters. The van der Waals surface area contributed by atoms with Gasteiger partial charge < -0.3 is 14.8 Å². The van der Waals surface area contributed by atoms with Gasteiger partial charge in [0.25, 0.3) is 5.91 Å². The molecule has 2 unspecified atom stereocenters. The first-order chi connectivity index (χ1) is 15.9. The van der Waals surface area contributed by atoms with Crippen LogP contribution in [0.4, 0.5) is 0 Å². The predicted octanol–water partition coefficient (Wildman–Crippen LogP) is 6.23. The van der Waals surface area contributed by atoms with Crippen molar-refractivity contribution in [3.63, 3.8) is 0 Å². The maximum absolute atomic E-state index is 12.9. The van der Waals surface area contributed by atoms with E-state index in [2.05, 4.69) is 26.1 Å². The zero-order chi connectivity index (χ0) is 24.9. The minimum Gasteiger partial charge on any atom is -0.476 e. The summed E-state index contributed by atoms with van der Waals surface area (Å²) in [5.74, 6) is 0.673. The SMILES string of the molecule is CC1CC(OC(=O)C(C)(C)Oc2ccc(CCNC(=O)c3ccc(Cl)cc3)cc2)CC(C)(C)C1. The fourth-order valence-corrected chi connectivity index (χ4v) is 4.85. The molecule has 0 aliphatic heterocycles. The van der Waals surface area contributed by atoms with E-state index in [1.54, 1.807) is 38.1 Å². The first kappa shape index (κ1) is 26.1. The fourth-order valence-electron chi connectivity index (χ4n) is 4.73. The molecule has 0 heterocycles. The van der Waals surface area contributed by atoms with Crippen molar-refractivity contribution in [1.29, 1.82) is 0 Å². The van der Waals surface area contributed by atoms with Gasteiger partial charge in [-0.3, -0.25) is 4.79 Å². The van der Waals surface area contributed by atoms with E-state index in [1.165, 1.54) is 0 Å². The Kier molecular flexibility index (Phi) is 8.29. The number of amides is 1. The van der Waals surface area contributed by atoms with Crippen LogP contribution >= 0.6 is 11.6 Å². The van der Waals surface area contributed by atoms with E-state index >= 15 is 0 Å². The smallest absolute Gasteiger partial charge is 0.350 e. The number of carbonyl (C=O) groups is 2. The number of benzene rings is 2. The Morgan fingerprint density at radius 2 is 1.71 bits per heavy atom. The van der Waals surface area contributed by atoms with E-state index < -0.39 is 5.60 Å². The molecule has 0 bridgehead atoms. The highest BCUT2D eigenvalue weighted by atomic mass is 35.5. The maximum atomic E-state index is 12.9. The van der Waals surface area contributed by atoms with Crippen molar-refractivity contribution >= 4 is 23.5 Å². The van der Waals surface area contributed by atoms with E-state index in [0.29, 0.717) is 35.2 Å². The largest absolute Gasteiger partial charge is 0.476 e. The van der Waals surface area contributed by atoms with Crippen molar-refractivity contribution < 1.29 is 19.1 Å². The minimum absolute atomic E-state index is 0.0698. The second kappa shape index (κ2) is 10.8. The molecule has 1 amide bonds. The van der Waals surface area contributed by atoms with Crippen LogP contribution in [0, 0.1) is 11.3 Å². The molecular formula is C28H36ClNO4. The van der Waals surface area contributed by atoms with Gasteiger partial charge in [0.05, 0.1) is 0 Å². The summed E-state index contributed by atoms with van der Waals surface area (Å²) in [5, 5.41) is 3.51. The molecule has 1 saturated carbocycles. The molecule has 0 radical (unpaired) electrons. The molecule has 1 fully saturated rings. The number of carbonyl (C=O) groups excluding carboxylic acids is 2. The normalized spacial score (nSPS) is 19.8. The van der Waals surface area contributed by atoms with Crippen LogP contribution in [0.15, 0.2) is 48.5 Å². The third-order valence-corrected chi connectivity index (χ3v) is 6.47. The number of halogens is 1. The van der Waals surface area contributed by atoms with Crippen molar-refractivity contribution in [3.05, 3.63) is 64.7 Å². The number of esters is 1. The lowest BCUT2D eigenvalue weighted by Crippen LogP contribution is -2.43. The van der Waals surface area contributed by atoms with Crippen molar-refractivity contribution in [2.24, 2.45) is 11.3 Å². The van der Waals surface area contributed by atoms with Gasteiger partial charge in [-0.05, 0) is 92.8 Å². The number of hydrogen-bond acceptors (Lipinski definition) is 4. The standard InChI is InChI=1S/C28H36ClNO4/c1-19-16-24(18-27(2,3)17-19)33-26(32)28(4,5)34-23-12-6-20(7-13-23)14-15-30-25(31)21-8-10-22(29)11-9-21/h6-13,19,24H,14-18H2,1-5H3,(H,30,31). The van der Waals surface area contributed by atoms with Crippen molar-refractivity contribution in [3.8, 4) is 5.75 Å². The predicted molar refractivity (Wildman–Crippen MR) is 135 cm³/mol. The second-order valence-electron chi connectivity index (χ2n) is 10.7. The van der Waals surface area contributed by atoms with Crippen LogP contribution in [0.1, 0.15) is 69.8 Å². The fraction of sp³-hybridized carbons (Fsp3) is 0.500. The molecule has 1 N–H and O–H groups in total. The van der Waals surface area contributed by atoms with E-state index in [1.807, 2.05) is 24.3 Å². The van der Waals surface area contributed by atoms with E-state index in [0.717, 1.165) is 24.8 Å². The lowest BCUT2D eigenvalue weighted by atomic mass is 9.71. The van der Waals surface area contributed by atoms with E-state index in [4.69, 9.17) is 21.1 Å². The Labute approximate surface area is 208 Å². The average Bonchev–Trinajstić information content (AvgIpc) is 2.73. The van der Waals surface area contributed by atoms with Gasteiger partial charge in [0.1, 0.15) is 11.9 Å². The summed E-state index contributed by atoms with van der Waals surface area (Å²) in [6.07, 6.45) is 3.54. The van der Waals surface area contributed by atoms with Crippen LogP contribution in [0.5, 0.6) is 5.75 Å². The first-order valence-corrected chi connectivity index (χ1v) is 12.3. The highest BCUT2D eigenvalue weighted by molar-refractivity contribution is 6.30. The summed E-state index contributed by atoms with van der Waals surface area (Å²) in [6.45, 7) is 10.7. The van der Waals surface area contributed by atoms with Gasteiger partial charge in [-0.1, -0.05) is 44.5 Å². The Morgan fingerprint density at radius 3 is 2.32 bits per heavy atom. The Morgan fingerprint density at radius 1 is 1.06 bits per heavy atom. The molecule has 5 nitrogen and oxygen atoms in total. The zero-order valence-electron chi connectivity index (χ0n) is 20.8. The molecule has 1 aliphatic carbocycles. The molecule has 3 rings (SSSR count). The first-order valence-electron chi connectivity index (χ1n) is 12.0. The van der Waals surface area contributed by atoms with Gasteiger partial charge in [-0.25, -0.2) is 4.79 Å². The molecule has 1 aliphatic rings. The van der Waals surface area contributed by atoms with Gasteiger partial charge in [0, 0.05) is 17.1 Å². The molecule has 6 heteroatoms. The second-order valence-corrected chi connectivity index (χ2v) is 11.1. The van der Waals surface area contributed by atoms with Gasteiger partial charge in [0.15, 0.2) is 5.60 Å². The summed E-state index contributed by atoms with van der Waals surface area (Å²) in [5.41, 5.74) is 0.729. The van der Waals surface area contributed by atoms with Crippen LogP contribution in [0.2, 0.25) is 5.02 Å². The molecule has 0 spiro atoms. The van der Waals surface area contributed by atoms with Crippen LogP contribution < -0.4 is 10.1 Å². The van der Waals surface area contributed by atoms with Gasteiger partial charge in [-0.2, -0.15) is 0 Å². The molecule has 34 heavy (non-hydrogen) atoms. The van der Waals surface area contributed by atoms with E-state index in [9.17, 15) is 9.59 Å². The van der Waals surface area contributed by atoms with Crippen LogP contribution in [-0.4, -0.2) is 30.1 Å². The summed E-state index contributed by atoms with van der Waals surface area (Å²) in [7, 11) is 0. The van der Waals surface area contributed by atoms with Crippen molar-refractivity contribution in [2.75, 3.05) is 6.54 Å². The van der Waals surface area contributed by atoms with Crippen LogP contribution in [0.25, 0.3) is 0 Å². The molecule has 2 aromatic carbocycles. The third kappa shape index (κ3) is 7.49. The lowest BCUT2D eigenvalue weighted by Gasteiger charge is -2.39. The number of nitrogens with one attached hydrogen (secondary N) is 1. The molecular weight excluding hydrogens is 450 g/mol. The summed E-state index contributed by atoms with van der Waals surface area (Å²) >= 11 is 5.86. The Bertz CT molecular complexity index is 982. The van der Waals surface area contributed by atoms with Crippen LogP contribution in [-0.2, 0) is 16.0 Å². The molecule has 2 aromatic rings. The molecule has 0 aromatic heterocycles. The maximum Gasteiger partial charge on any atom is 0.350 e.